The number of rotatable bonds is 3. The Bertz CT molecular complexity index is 203. The summed E-state index contributed by atoms with van der Waals surface area (Å²) in [6.07, 6.45) is 6.45. The first-order valence-electron chi connectivity index (χ1n) is 3.96. The highest BCUT2D eigenvalue weighted by Gasteiger charge is 1.93. The lowest BCUT2D eigenvalue weighted by atomic mass is 10.2. The monoisotopic (exact) mass is 149 g/mol. The van der Waals surface area contributed by atoms with Gasteiger partial charge < -0.3 is 0 Å². The standard InChI is InChI=1S/C9H13N2/c1-3-5-9-7-10-8(4-2)6-11-9/h6-7H,1,3-5H2,2H3. The summed E-state index contributed by atoms with van der Waals surface area (Å²) in [4.78, 5) is 8.46. The Kier molecular flexibility index (Phi) is 3.02. The molecular weight excluding hydrogens is 136 g/mol. The first-order chi connectivity index (χ1) is 5.36. The summed E-state index contributed by atoms with van der Waals surface area (Å²) in [6, 6.07) is 0. The maximum absolute atomic E-state index is 4.24. The van der Waals surface area contributed by atoms with E-state index in [1.807, 2.05) is 12.4 Å². The quantitative estimate of drug-likeness (QED) is 0.655. The molecule has 0 saturated carbocycles. The van der Waals surface area contributed by atoms with Crippen molar-refractivity contribution in [3.63, 3.8) is 0 Å². The molecule has 0 spiro atoms. The molecule has 11 heavy (non-hydrogen) atoms. The molecule has 59 valence electrons. The van der Waals surface area contributed by atoms with E-state index >= 15 is 0 Å². The van der Waals surface area contributed by atoms with Gasteiger partial charge in [-0.2, -0.15) is 0 Å². The van der Waals surface area contributed by atoms with Gasteiger partial charge >= 0.3 is 0 Å². The first-order valence-corrected chi connectivity index (χ1v) is 3.96. The molecule has 0 aliphatic heterocycles. The Morgan fingerprint density at radius 3 is 2.36 bits per heavy atom. The predicted octanol–water partition coefficient (Wildman–Crippen LogP) is 1.81. The van der Waals surface area contributed by atoms with Crippen molar-refractivity contribution in [2.24, 2.45) is 0 Å². The Morgan fingerprint density at radius 1 is 1.27 bits per heavy atom. The molecule has 0 saturated heterocycles. The van der Waals surface area contributed by atoms with Crippen LogP contribution in [0.15, 0.2) is 12.4 Å². The largest absolute Gasteiger partial charge is 0.258 e. The Balaban J connectivity index is 2.66. The van der Waals surface area contributed by atoms with Crippen molar-refractivity contribution in [3.8, 4) is 0 Å². The minimum absolute atomic E-state index is 0.889. The third-order valence-corrected chi connectivity index (χ3v) is 1.55. The van der Waals surface area contributed by atoms with E-state index in [1.165, 1.54) is 0 Å². The van der Waals surface area contributed by atoms with E-state index in [0.717, 1.165) is 30.7 Å². The van der Waals surface area contributed by atoms with E-state index in [-0.39, 0.29) is 0 Å². The molecule has 1 radical (unpaired) electrons. The SMILES string of the molecule is [CH2]CCc1cnc(CC)cn1. The Labute approximate surface area is 67.7 Å². The average Bonchev–Trinajstić information content (AvgIpc) is 2.07. The van der Waals surface area contributed by atoms with Crippen LogP contribution in [0.5, 0.6) is 0 Å². The van der Waals surface area contributed by atoms with Gasteiger partial charge in [0.25, 0.3) is 0 Å². The molecule has 1 aromatic heterocycles. The van der Waals surface area contributed by atoms with Gasteiger partial charge in [0, 0.05) is 12.4 Å². The van der Waals surface area contributed by atoms with Crippen LogP contribution in [-0.4, -0.2) is 9.97 Å². The number of nitrogens with zero attached hydrogens (tertiary/aromatic N) is 2. The highest BCUT2D eigenvalue weighted by atomic mass is 14.8. The molecule has 2 heteroatoms. The molecule has 0 amide bonds. The van der Waals surface area contributed by atoms with Gasteiger partial charge in [-0.05, 0) is 19.3 Å². The lowest BCUT2D eigenvalue weighted by Crippen LogP contribution is -1.93. The van der Waals surface area contributed by atoms with Gasteiger partial charge in [-0.3, -0.25) is 9.97 Å². The summed E-state index contributed by atoms with van der Waals surface area (Å²) >= 11 is 0. The zero-order chi connectivity index (χ0) is 8.10. The van der Waals surface area contributed by atoms with Crippen molar-refractivity contribution in [1.82, 2.24) is 9.97 Å². The molecule has 0 aliphatic carbocycles. The van der Waals surface area contributed by atoms with Crippen molar-refractivity contribution < 1.29 is 0 Å². The maximum Gasteiger partial charge on any atom is 0.0586 e. The van der Waals surface area contributed by atoms with Crippen LogP contribution in [0.3, 0.4) is 0 Å². The molecular formula is C9H13N2. The van der Waals surface area contributed by atoms with Crippen LogP contribution in [0.25, 0.3) is 0 Å². The molecule has 1 rings (SSSR count). The van der Waals surface area contributed by atoms with Crippen LogP contribution in [0.1, 0.15) is 24.7 Å². The van der Waals surface area contributed by atoms with Crippen molar-refractivity contribution >= 4 is 0 Å². The van der Waals surface area contributed by atoms with Gasteiger partial charge in [0.2, 0.25) is 0 Å². The van der Waals surface area contributed by atoms with Gasteiger partial charge in [-0.15, -0.1) is 0 Å². The fourth-order valence-corrected chi connectivity index (χ4v) is 0.874. The molecule has 2 nitrogen and oxygen atoms in total. The van der Waals surface area contributed by atoms with Crippen molar-refractivity contribution in [2.75, 3.05) is 0 Å². The van der Waals surface area contributed by atoms with Crippen LogP contribution in [0, 0.1) is 6.92 Å². The van der Waals surface area contributed by atoms with E-state index in [2.05, 4.69) is 23.8 Å². The minimum Gasteiger partial charge on any atom is -0.258 e. The minimum atomic E-state index is 0.889. The second kappa shape index (κ2) is 4.06. The Hall–Kier alpha value is -0.920. The first kappa shape index (κ1) is 8.18. The van der Waals surface area contributed by atoms with Gasteiger partial charge in [0.15, 0.2) is 0 Å². The molecule has 1 heterocycles. The van der Waals surface area contributed by atoms with E-state index in [1.54, 1.807) is 0 Å². The second-order valence-electron chi connectivity index (χ2n) is 2.46. The van der Waals surface area contributed by atoms with Crippen molar-refractivity contribution in [3.05, 3.63) is 30.7 Å². The number of aromatic nitrogens is 2. The molecule has 0 atom stereocenters. The molecule has 0 bridgehead atoms. The summed E-state index contributed by atoms with van der Waals surface area (Å²) in [5.74, 6) is 0. The summed E-state index contributed by atoms with van der Waals surface area (Å²) in [5, 5.41) is 0. The average molecular weight is 149 g/mol. The van der Waals surface area contributed by atoms with Crippen molar-refractivity contribution in [1.29, 1.82) is 0 Å². The van der Waals surface area contributed by atoms with Crippen LogP contribution < -0.4 is 0 Å². The summed E-state index contributed by atoms with van der Waals surface area (Å²) < 4.78 is 0. The van der Waals surface area contributed by atoms with Gasteiger partial charge in [0.05, 0.1) is 11.4 Å². The summed E-state index contributed by atoms with van der Waals surface area (Å²) in [7, 11) is 0. The maximum atomic E-state index is 4.24. The van der Waals surface area contributed by atoms with E-state index in [4.69, 9.17) is 0 Å². The fourth-order valence-electron chi connectivity index (χ4n) is 0.874. The zero-order valence-corrected chi connectivity index (χ0v) is 6.88. The Morgan fingerprint density at radius 2 is 1.91 bits per heavy atom. The molecule has 0 aromatic carbocycles. The lowest BCUT2D eigenvalue weighted by molar-refractivity contribution is 0.894. The smallest absolute Gasteiger partial charge is 0.0586 e. The van der Waals surface area contributed by atoms with Crippen molar-refractivity contribution in [2.45, 2.75) is 26.2 Å². The summed E-state index contributed by atoms with van der Waals surface area (Å²) in [5.41, 5.74) is 2.09. The molecule has 1 aromatic rings. The van der Waals surface area contributed by atoms with Gasteiger partial charge in [-0.25, -0.2) is 0 Å². The van der Waals surface area contributed by atoms with E-state index in [9.17, 15) is 0 Å². The zero-order valence-electron chi connectivity index (χ0n) is 6.88. The van der Waals surface area contributed by atoms with Crippen LogP contribution in [-0.2, 0) is 12.8 Å². The molecule has 0 N–H and O–H groups in total. The fraction of sp³-hybridized carbons (Fsp3) is 0.444. The van der Waals surface area contributed by atoms with Crippen LogP contribution >= 0.6 is 0 Å². The number of aryl methyl sites for hydroxylation is 2. The third kappa shape index (κ3) is 2.30. The predicted molar refractivity (Wildman–Crippen MR) is 45.1 cm³/mol. The third-order valence-electron chi connectivity index (χ3n) is 1.55. The van der Waals surface area contributed by atoms with Gasteiger partial charge in [-0.1, -0.05) is 13.8 Å². The van der Waals surface area contributed by atoms with E-state index < -0.39 is 0 Å². The number of hydrogen-bond acceptors (Lipinski definition) is 2. The normalized spacial score (nSPS) is 10.0. The highest BCUT2D eigenvalue weighted by Crippen LogP contribution is 1.98. The highest BCUT2D eigenvalue weighted by molar-refractivity contribution is 5.02. The topological polar surface area (TPSA) is 25.8 Å². The summed E-state index contributed by atoms with van der Waals surface area (Å²) in [6.45, 7) is 5.83. The van der Waals surface area contributed by atoms with Crippen LogP contribution in [0.4, 0.5) is 0 Å². The molecule has 0 fully saturated rings. The second-order valence-corrected chi connectivity index (χ2v) is 2.46. The van der Waals surface area contributed by atoms with Crippen LogP contribution in [0.2, 0.25) is 0 Å². The van der Waals surface area contributed by atoms with Gasteiger partial charge in [0.1, 0.15) is 0 Å². The molecule has 0 aliphatic rings. The molecule has 0 unspecified atom stereocenters. The lowest BCUT2D eigenvalue weighted by Gasteiger charge is -1.97. The van der Waals surface area contributed by atoms with E-state index in [0.29, 0.717) is 0 Å². The number of hydrogen-bond donors (Lipinski definition) is 0.